The van der Waals surface area contributed by atoms with Crippen LogP contribution in [0.1, 0.15) is 16.7 Å². The zero-order chi connectivity index (χ0) is 14.7. The van der Waals surface area contributed by atoms with Crippen LogP contribution in [0.5, 0.6) is 0 Å². The van der Waals surface area contributed by atoms with Crippen molar-refractivity contribution >= 4 is 22.9 Å². The van der Waals surface area contributed by atoms with Gasteiger partial charge in [0.25, 0.3) is 0 Å². The molecule has 2 rings (SSSR count). The predicted octanol–water partition coefficient (Wildman–Crippen LogP) is 2.91. The number of nitrogens with one attached hydrogen (secondary N) is 1. The second-order valence-electron chi connectivity index (χ2n) is 4.31. The zero-order valence-electron chi connectivity index (χ0n) is 10.8. The van der Waals surface area contributed by atoms with Crippen LogP contribution in [0.2, 0.25) is 0 Å². The molecule has 0 saturated heterocycles. The van der Waals surface area contributed by atoms with Gasteiger partial charge in [0.15, 0.2) is 11.6 Å². The van der Waals surface area contributed by atoms with Crippen LogP contribution >= 0.6 is 12.2 Å². The molecule has 20 heavy (non-hydrogen) atoms. The van der Waals surface area contributed by atoms with E-state index in [1.807, 2.05) is 13.0 Å². The summed E-state index contributed by atoms with van der Waals surface area (Å²) in [6.07, 6.45) is 3.36. The van der Waals surface area contributed by atoms with E-state index in [0.717, 1.165) is 11.1 Å². The van der Waals surface area contributed by atoms with E-state index in [0.29, 0.717) is 6.54 Å². The predicted molar refractivity (Wildman–Crippen MR) is 78.5 cm³/mol. The monoisotopic (exact) mass is 293 g/mol. The van der Waals surface area contributed by atoms with Gasteiger partial charge >= 0.3 is 0 Å². The highest BCUT2D eigenvalue weighted by atomic mass is 32.1. The van der Waals surface area contributed by atoms with Gasteiger partial charge in [-0.2, -0.15) is 0 Å². The smallest absolute Gasteiger partial charge is 0.182 e. The second kappa shape index (κ2) is 5.92. The third kappa shape index (κ3) is 2.91. The number of benzene rings is 1. The Bertz CT molecular complexity index is 659. The van der Waals surface area contributed by atoms with Crippen LogP contribution in [0.25, 0.3) is 0 Å². The van der Waals surface area contributed by atoms with Gasteiger partial charge in [-0.1, -0.05) is 12.2 Å². The highest BCUT2D eigenvalue weighted by Crippen LogP contribution is 2.21. The summed E-state index contributed by atoms with van der Waals surface area (Å²) in [5.74, 6) is -2.02. The molecule has 0 fully saturated rings. The Balaban J connectivity index is 2.21. The lowest BCUT2D eigenvalue weighted by molar-refractivity contribution is 0.509. The third-order valence-electron chi connectivity index (χ3n) is 2.95. The van der Waals surface area contributed by atoms with Gasteiger partial charge < -0.3 is 11.1 Å². The van der Waals surface area contributed by atoms with Gasteiger partial charge in [0, 0.05) is 24.5 Å². The maximum atomic E-state index is 13.9. The lowest BCUT2D eigenvalue weighted by atomic mass is 10.1. The number of anilines is 1. The maximum absolute atomic E-state index is 13.9. The molecule has 6 heteroatoms. The molecular weight excluding hydrogens is 280 g/mol. The van der Waals surface area contributed by atoms with Crippen molar-refractivity contribution in [1.82, 2.24) is 4.98 Å². The summed E-state index contributed by atoms with van der Waals surface area (Å²) in [5, 5.41) is 2.85. The van der Waals surface area contributed by atoms with E-state index < -0.39 is 11.6 Å². The summed E-state index contributed by atoms with van der Waals surface area (Å²) in [7, 11) is 0. The Kier molecular flexibility index (Phi) is 4.24. The Hall–Kier alpha value is -2.08. The van der Waals surface area contributed by atoms with Crippen molar-refractivity contribution in [2.24, 2.45) is 5.73 Å². The molecular formula is C14H13F2N3S. The number of pyridine rings is 1. The van der Waals surface area contributed by atoms with Crippen LogP contribution in [0.4, 0.5) is 14.5 Å². The molecule has 2 aromatic rings. The summed E-state index contributed by atoms with van der Waals surface area (Å²) in [5.41, 5.74) is 7.22. The number of thiocarbonyl (C=S) groups is 1. The molecule has 3 nitrogen and oxygen atoms in total. The summed E-state index contributed by atoms with van der Waals surface area (Å²) in [4.78, 5) is 3.80. The Morgan fingerprint density at radius 1 is 1.30 bits per heavy atom. The van der Waals surface area contributed by atoms with E-state index in [9.17, 15) is 8.78 Å². The Morgan fingerprint density at radius 3 is 2.70 bits per heavy atom. The van der Waals surface area contributed by atoms with Gasteiger partial charge in [0.1, 0.15) is 4.99 Å². The van der Waals surface area contributed by atoms with Crippen LogP contribution in [-0.2, 0) is 6.54 Å². The molecule has 104 valence electrons. The van der Waals surface area contributed by atoms with E-state index in [1.165, 1.54) is 12.1 Å². The van der Waals surface area contributed by atoms with Crippen molar-refractivity contribution < 1.29 is 8.78 Å². The standard InChI is InChI=1S/C14H13F2N3S/c1-8-6-18-5-4-9(8)7-19-11-3-2-10(14(17)20)12(15)13(11)16/h2-6,19H,7H2,1H3,(H2,17,20). The van der Waals surface area contributed by atoms with Gasteiger partial charge in [-0.05, 0) is 36.2 Å². The maximum Gasteiger partial charge on any atom is 0.182 e. The fraction of sp³-hybridized carbons (Fsp3) is 0.143. The highest BCUT2D eigenvalue weighted by Gasteiger charge is 2.14. The molecule has 1 heterocycles. The van der Waals surface area contributed by atoms with Crippen LogP contribution in [0.3, 0.4) is 0 Å². The van der Waals surface area contributed by atoms with Gasteiger partial charge in [-0.15, -0.1) is 0 Å². The number of nitrogens with two attached hydrogens (primary N) is 1. The first-order chi connectivity index (χ1) is 9.50. The van der Waals surface area contributed by atoms with Crippen LogP contribution in [-0.4, -0.2) is 9.97 Å². The van der Waals surface area contributed by atoms with Crippen molar-refractivity contribution in [1.29, 1.82) is 0 Å². The topological polar surface area (TPSA) is 50.9 Å². The molecule has 0 saturated carbocycles. The summed E-state index contributed by atoms with van der Waals surface area (Å²) in [6, 6.07) is 4.60. The Morgan fingerprint density at radius 2 is 2.05 bits per heavy atom. The van der Waals surface area contributed by atoms with Crippen molar-refractivity contribution in [3.63, 3.8) is 0 Å². The number of aromatic nitrogens is 1. The lowest BCUT2D eigenvalue weighted by Crippen LogP contribution is -2.14. The first-order valence-electron chi connectivity index (χ1n) is 5.92. The second-order valence-corrected chi connectivity index (χ2v) is 4.75. The zero-order valence-corrected chi connectivity index (χ0v) is 11.6. The molecule has 0 amide bonds. The minimum absolute atomic E-state index is 0.0683. The summed E-state index contributed by atoms with van der Waals surface area (Å²) < 4.78 is 27.6. The van der Waals surface area contributed by atoms with E-state index in [4.69, 9.17) is 5.73 Å². The van der Waals surface area contributed by atoms with Crippen LogP contribution < -0.4 is 11.1 Å². The molecule has 0 atom stereocenters. The van der Waals surface area contributed by atoms with E-state index in [1.54, 1.807) is 12.4 Å². The molecule has 0 aliphatic heterocycles. The molecule has 1 aromatic heterocycles. The van der Waals surface area contributed by atoms with E-state index in [2.05, 4.69) is 22.5 Å². The summed E-state index contributed by atoms with van der Waals surface area (Å²) in [6.45, 7) is 2.27. The van der Waals surface area contributed by atoms with Crippen LogP contribution in [0, 0.1) is 18.6 Å². The molecule has 0 aliphatic rings. The number of hydrogen-bond acceptors (Lipinski definition) is 3. The molecule has 1 aromatic carbocycles. The minimum atomic E-state index is -1.03. The van der Waals surface area contributed by atoms with Gasteiger partial charge in [0.2, 0.25) is 0 Å². The van der Waals surface area contributed by atoms with Crippen molar-refractivity contribution in [3.8, 4) is 0 Å². The highest BCUT2D eigenvalue weighted by molar-refractivity contribution is 7.80. The van der Waals surface area contributed by atoms with E-state index >= 15 is 0 Å². The van der Waals surface area contributed by atoms with Crippen molar-refractivity contribution in [2.45, 2.75) is 13.5 Å². The average Bonchev–Trinajstić information content (AvgIpc) is 2.41. The lowest BCUT2D eigenvalue weighted by Gasteiger charge is -2.11. The van der Waals surface area contributed by atoms with E-state index in [-0.39, 0.29) is 16.2 Å². The first kappa shape index (κ1) is 14.3. The third-order valence-corrected chi connectivity index (χ3v) is 3.17. The number of hydrogen-bond donors (Lipinski definition) is 2. The largest absolute Gasteiger partial charge is 0.389 e. The molecule has 0 unspecified atom stereocenters. The van der Waals surface area contributed by atoms with Crippen molar-refractivity contribution in [2.75, 3.05) is 5.32 Å². The Labute approximate surface area is 120 Å². The quantitative estimate of drug-likeness (QED) is 0.851. The molecule has 3 N–H and O–H groups in total. The van der Waals surface area contributed by atoms with Crippen molar-refractivity contribution in [3.05, 3.63) is 58.9 Å². The fourth-order valence-corrected chi connectivity index (χ4v) is 1.92. The normalized spacial score (nSPS) is 10.3. The average molecular weight is 293 g/mol. The van der Waals surface area contributed by atoms with Gasteiger partial charge in [-0.25, -0.2) is 8.78 Å². The number of rotatable bonds is 4. The SMILES string of the molecule is Cc1cnccc1CNc1ccc(C(N)=S)c(F)c1F. The summed E-state index contributed by atoms with van der Waals surface area (Å²) >= 11 is 4.65. The first-order valence-corrected chi connectivity index (χ1v) is 6.32. The minimum Gasteiger partial charge on any atom is -0.389 e. The van der Waals surface area contributed by atoms with Crippen LogP contribution in [0.15, 0.2) is 30.6 Å². The molecule has 0 spiro atoms. The fourth-order valence-electron chi connectivity index (χ4n) is 1.77. The van der Waals surface area contributed by atoms with Gasteiger partial charge in [0.05, 0.1) is 5.69 Å². The number of nitrogens with zero attached hydrogens (tertiary/aromatic N) is 1. The van der Waals surface area contributed by atoms with Gasteiger partial charge in [-0.3, -0.25) is 4.98 Å². The number of halogens is 2. The molecule has 0 bridgehead atoms. The molecule has 0 aliphatic carbocycles. The molecule has 0 radical (unpaired) electrons. The number of aryl methyl sites for hydroxylation is 1.